The highest BCUT2D eigenvalue weighted by molar-refractivity contribution is 6.35. The van der Waals surface area contributed by atoms with Crippen molar-refractivity contribution in [3.8, 4) is 11.1 Å². The van der Waals surface area contributed by atoms with Crippen molar-refractivity contribution in [3.63, 3.8) is 0 Å². The molecule has 6 heteroatoms. The lowest BCUT2D eigenvalue weighted by Gasteiger charge is -2.12. The van der Waals surface area contributed by atoms with Crippen LogP contribution in [0.5, 0.6) is 0 Å². The lowest BCUT2D eigenvalue weighted by Crippen LogP contribution is -2.20. The van der Waals surface area contributed by atoms with Gasteiger partial charge in [-0.2, -0.15) is 0 Å². The van der Waals surface area contributed by atoms with Crippen LogP contribution in [-0.4, -0.2) is 23.6 Å². The molecule has 0 radical (unpaired) electrons. The largest absolute Gasteiger partial charge is 0.464 e. The van der Waals surface area contributed by atoms with Gasteiger partial charge < -0.3 is 4.74 Å². The van der Waals surface area contributed by atoms with Gasteiger partial charge >= 0.3 is 5.97 Å². The second-order valence-corrected chi connectivity index (χ2v) is 8.11. The van der Waals surface area contributed by atoms with E-state index in [0.717, 1.165) is 16.5 Å². The normalized spacial score (nSPS) is 11.0. The summed E-state index contributed by atoms with van der Waals surface area (Å²) < 4.78 is 6.51. The molecule has 4 rings (SSSR count). The first-order chi connectivity index (χ1) is 14.8. The molecule has 0 fully saturated rings. The fourth-order valence-corrected chi connectivity index (χ4v) is 4.43. The average molecular weight is 452 g/mol. The van der Waals surface area contributed by atoms with Gasteiger partial charge in [-0.3, -0.25) is 9.36 Å². The quantitative estimate of drug-likeness (QED) is 0.325. The predicted octanol–water partition coefficient (Wildman–Crippen LogP) is 6.71. The van der Waals surface area contributed by atoms with Gasteiger partial charge in [-0.05, 0) is 43.7 Å². The molecule has 0 N–H and O–H groups in total. The summed E-state index contributed by atoms with van der Waals surface area (Å²) in [7, 11) is 1.29. The van der Waals surface area contributed by atoms with Gasteiger partial charge in [0.05, 0.1) is 23.2 Å². The number of aromatic nitrogens is 1. The third kappa shape index (κ3) is 3.52. The van der Waals surface area contributed by atoms with E-state index in [9.17, 15) is 9.59 Å². The number of rotatable bonds is 3. The van der Waals surface area contributed by atoms with Crippen molar-refractivity contribution in [1.82, 2.24) is 4.57 Å². The number of methoxy groups -OCH3 is 1. The van der Waals surface area contributed by atoms with Crippen molar-refractivity contribution < 1.29 is 14.3 Å². The zero-order valence-electron chi connectivity index (χ0n) is 17.2. The molecule has 4 nitrogen and oxygen atoms in total. The Kier molecular flexibility index (Phi) is 5.61. The second kappa shape index (κ2) is 8.22. The zero-order valence-corrected chi connectivity index (χ0v) is 18.7. The van der Waals surface area contributed by atoms with Crippen LogP contribution < -0.4 is 0 Å². The van der Waals surface area contributed by atoms with Gasteiger partial charge in [-0.1, -0.05) is 65.2 Å². The molecule has 0 aliphatic heterocycles. The van der Waals surface area contributed by atoms with Gasteiger partial charge in [0.15, 0.2) is 0 Å². The van der Waals surface area contributed by atoms with Crippen LogP contribution in [0.25, 0.3) is 22.0 Å². The summed E-state index contributed by atoms with van der Waals surface area (Å²) in [6, 6.07) is 17.9. The van der Waals surface area contributed by atoms with E-state index in [-0.39, 0.29) is 11.3 Å². The fraction of sp³-hybridized carbons (Fsp3) is 0.120. The Bertz CT molecular complexity index is 1350. The van der Waals surface area contributed by atoms with Crippen LogP contribution in [0.2, 0.25) is 10.0 Å². The molecule has 0 atom stereocenters. The molecule has 0 aliphatic carbocycles. The molecule has 156 valence electrons. The average Bonchev–Trinajstić information content (AvgIpc) is 3.08. The van der Waals surface area contributed by atoms with Crippen LogP contribution in [-0.2, 0) is 4.74 Å². The van der Waals surface area contributed by atoms with Crippen molar-refractivity contribution >= 4 is 46.0 Å². The number of hydrogen-bond acceptors (Lipinski definition) is 3. The lowest BCUT2D eigenvalue weighted by molar-refractivity contribution is 0.0585. The Balaban J connectivity index is 2.21. The number of esters is 1. The first-order valence-corrected chi connectivity index (χ1v) is 10.4. The molecule has 4 aromatic rings. The molecule has 0 bridgehead atoms. The van der Waals surface area contributed by atoms with Crippen molar-refractivity contribution in [2.75, 3.05) is 7.11 Å². The molecule has 0 saturated heterocycles. The standard InChI is InChI=1S/C25H19Cl2NO3/c1-14-12-15(2)22-18(13-14)21(16-8-4-6-10-19(16)26)23(25(30)31-3)28(22)24(29)17-9-5-7-11-20(17)27/h4-13H,1-3H3. The maximum Gasteiger partial charge on any atom is 0.355 e. The van der Waals surface area contributed by atoms with Gasteiger partial charge in [0.2, 0.25) is 0 Å². The van der Waals surface area contributed by atoms with Gasteiger partial charge in [-0.25, -0.2) is 4.79 Å². The highest BCUT2D eigenvalue weighted by atomic mass is 35.5. The van der Waals surface area contributed by atoms with Gasteiger partial charge in [-0.15, -0.1) is 0 Å². The highest BCUT2D eigenvalue weighted by Gasteiger charge is 2.30. The Hall–Kier alpha value is -3.08. The molecule has 0 saturated carbocycles. The number of carbonyl (C=O) groups excluding carboxylic acids is 2. The number of nitrogens with zero attached hydrogens (tertiary/aromatic N) is 1. The van der Waals surface area contributed by atoms with E-state index in [1.165, 1.54) is 11.7 Å². The summed E-state index contributed by atoms with van der Waals surface area (Å²) in [6.45, 7) is 3.87. The number of benzene rings is 3. The van der Waals surface area contributed by atoms with Gasteiger partial charge in [0.25, 0.3) is 5.91 Å². The third-order valence-electron chi connectivity index (χ3n) is 5.23. The van der Waals surface area contributed by atoms with Crippen molar-refractivity contribution in [3.05, 3.63) is 93.1 Å². The van der Waals surface area contributed by atoms with Crippen molar-refractivity contribution in [2.24, 2.45) is 0 Å². The molecule has 3 aromatic carbocycles. The second-order valence-electron chi connectivity index (χ2n) is 7.29. The van der Waals surface area contributed by atoms with E-state index in [0.29, 0.717) is 26.7 Å². The van der Waals surface area contributed by atoms with Gasteiger partial charge in [0, 0.05) is 21.5 Å². The number of fused-ring (bicyclic) bond motifs is 1. The minimum atomic E-state index is -0.636. The smallest absolute Gasteiger partial charge is 0.355 e. The zero-order chi connectivity index (χ0) is 22.3. The van der Waals surface area contributed by atoms with Crippen LogP contribution >= 0.6 is 23.2 Å². The third-order valence-corrected chi connectivity index (χ3v) is 5.89. The first-order valence-electron chi connectivity index (χ1n) is 9.63. The Morgan fingerprint density at radius 2 is 1.55 bits per heavy atom. The minimum Gasteiger partial charge on any atom is -0.464 e. The van der Waals surface area contributed by atoms with Crippen LogP contribution in [0.4, 0.5) is 0 Å². The Morgan fingerprint density at radius 3 is 2.19 bits per heavy atom. The predicted molar refractivity (Wildman–Crippen MR) is 124 cm³/mol. The summed E-state index contributed by atoms with van der Waals surface area (Å²) >= 11 is 12.9. The monoisotopic (exact) mass is 451 g/mol. The number of aryl methyl sites for hydroxylation is 2. The van der Waals surface area contributed by atoms with Crippen molar-refractivity contribution in [2.45, 2.75) is 13.8 Å². The van der Waals surface area contributed by atoms with Gasteiger partial charge in [0.1, 0.15) is 5.69 Å². The molecular formula is C25H19Cl2NO3. The van der Waals surface area contributed by atoms with E-state index >= 15 is 0 Å². The minimum absolute atomic E-state index is 0.115. The fourth-order valence-electron chi connectivity index (χ4n) is 3.98. The summed E-state index contributed by atoms with van der Waals surface area (Å²) in [5.41, 5.74) is 4.06. The Labute approximate surface area is 190 Å². The number of hydrogen-bond donors (Lipinski definition) is 0. The molecule has 1 aromatic heterocycles. The summed E-state index contributed by atoms with van der Waals surface area (Å²) in [5, 5.41) is 1.51. The maximum atomic E-state index is 13.7. The number of carbonyl (C=O) groups is 2. The van der Waals surface area contributed by atoms with E-state index in [4.69, 9.17) is 27.9 Å². The molecule has 0 aliphatic rings. The van der Waals surface area contributed by atoms with E-state index in [1.807, 2.05) is 44.2 Å². The lowest BCUT2D eigenvalue weighted by atomic mass is 9.99. The molecule has 0 spiro atoms. The van der Waals surface area contributed by atoms with Crippen molar-refractivity contribution in [1.29, 1.82) is 0 Å². The Morgan fingerprint density at radius 1 is 0.903 bits per heavy atom. The van der Waals surface area contributed by atoms with Crippen LogP contribution in [0.3, 0.4) is 0 Å². The molecule has 0 amide bonds. The topological polar surface area (TPSA) is 48.3 Å². The number of ether oxygens (including phenoxy) is 1. The number of halogens is 2. The van der Waals surface area contributed by atoms with E-state index in [1.54, 1.807) is 30.3 Å². The van der Waals surface area contributed by atoms with Crippen LogP contribution in [0.1, 0.15) is 32.0 Å². The molecule has 1 heterocycles. The van der Waals surface area contributed by atoms with Crippen LogP contribution in [0.15, 0.2) is 60.7 Å². The van der Waals surface area contributed by atoms with Crippen LogP contribution in [0, 0.1) is 13.8 Å². The highest BCUT2D eigenvalue weighted by Crippen LogP contribution is 2.41. The molecule has 31 heavy (non-hydrogen) atoms. The van der Waals surface area contributed by atoms with E-state index < -0.39 is 11.9 Å². The summed E-state index contributed by atoms with van der Waals surface area (Å²) in [4.78, 5) is 26.8. The molecular weight excluding hydrogens is 433 g/mol. The SMILES string of the molecule is COC(=O)c1c(-c2ccccc2Cl)c2cc(C)cc(C)c2n1C(=O)c1ccccc1Cl. The summed E-state index contributed by atoms with van der Waals surface area (Å²) in [5.74, 6) is -1.05. The maximum absolute atomic E-state index is 13.7. The van der Waals surface area contributed by atoms with E-state index in [2.05, 4.69) is 0 Å². The molecule has 0 unspecified atom stereocenters. The summed E-state index contributed by atoms with van der Waals surface area (Å²) in [6.07, 6.45) is 0. The first kappa shape index (κ1) is 21.2.